The first-order valence-corrected chi connectivity index (χ1v) is 6.24. The quantitative estimate of drug-likeness (QED) is 0.466. The topological polar surface area (TPSA) is 3.24 Å². The standard InChI is InChI=1S/C11H25NSi/c1-6-8-12(5)9-7-10(2)11(3,4)13/h2,6-9H2,1,3-5,13H3. The summed E-state index contributed by atoms with van der Waals surface area (Å²) in [4.78, 5) is 2.39. The van der Waals surface area contributed by atoms with Crippen LogP contribution in [0.25, 0.3) is 0 Å². The van der Waals surface area contributed by atoms with E-state index < -0.39 is 0 Å². The summed E-state index contributed by atoms with van der Waals surface area (Å²) in [5, 5.41) is 0.410. The highest BCUT2D eigenvalue weighted by molar-refractivity contribution is 6.16. The zero-order chi connectivity index (χ0) is 10.5. The van der Waals surface area contributed by atoms with Crippen LogP contribution in [0.2, 0.25) is 5.04 Å². The molecule has 0 aromatic heterocycles. The molecule has 13 heavy (non-hydrogen) atoms. The van der Waals surface area contributed by atoms with Crippen LogP contribution >= 0.6 is 0 Å². The largest absolute Gasteiger partial charge is 0.306 e. The first-order valence-electron chi connectivity index (χ1n) is 5.24. The third-order valence-corrected chi connectivity index (χ3v) is 3.17. The molecule has 0 saturated carbocycles. The second-order valence-electron chi connectivity index (χ2n) is 4.91. The van der Waals surface area contributed by atoms with Crippen LogP contribution < -0.4 is 0 Å². The maximum absolute atomic E-state index is 4.17. The van der Waals surface area contributed by atoms with E-state index in [4.69, 9.17) is 0 Å². The Labute approximate surface area is 86.6 Å². The van der Waals surface area contributed by atoms with E-state index in [0.29, 0.717) is 5.04 Å². The SMILES string of the molecule is C=C(CCN(C)CCC)C(C)(C)[SiH3]. The van der Waals surface area contributed by atoms with E-state index >= 15 is 0 Å². The molecule has 0 saturated heterocycles. The van der Waals surface area contributed by atoms with Gasteiger partial charge in [-0.05, 0) is 31.5 Å². The maximum Gasteiger partial charge on any atom is 0.0150 e. The molecule has 0 aromatic carbocycles. The van der Waals surface area contributed by atoms with Crippen LogP contribution in [0.4, 0.5) is 0 Å². The first kappa shape index (κ1) is 12.9. The number of hydrogen-bond donors (Lipinski definition) is 0. The van der Waals surface area contributed by atoms with Crippen molar-refractivity contribution in [1.29, 1.82) is 0 Å². The van der Waals surface area contributed by atoms with E-state index in [2.05, 4.69) is 39.3 Å². The van der Waals surface area contributed by atoms with Gasteiger partial charge in [0.15, 0.2) is 0 Å². The summed E-state index contributed by atoms with van der Waals surface area (Å²) in [6.45, 7) is 13.3. The molecule has 0 aliphatic heterocycles. The molecule has 0 fully saturated rings. The second kappa shape index (κ2) is 5.61. The van der Waals surface area contributed by atoms with Gasteiger partial charge in [-0.25, -0.2) is 0 Å². The first-order chi connectivity index (χ1) is 5.88. The Morgan fingerprint density at radius 1 is 1.38 bits per heavy atom. The van der Waals surface area contributed by atoms with Gasteiger partial charge in [-0.1, -0.05) is 32.9 Å². The van der Waals surface area contributed by atoms with Gasteiger partial charge in [0.1, 0.15) is 0 Å². The van der Waals surface area contributed by atoms with Crippen molar-refractivity contribution in [2.45, 2.75) is 38.7 Å². The molecule has 0 N–H and O–H groups in total. The summed E-state index contributed by atoms with van der Waals surface area (Å²) in [6.07, 6.45) is 2.40. The minimum Gasteiger partial charge on any atom is -0.306 e. The lowest BCUT2D eigenvalue weighted by molar-refractivity contribution is 0.336. The molecule has 0 radical (unpaired) electrons. The number of nitrogens with zero attached hydrogens (tertiary/aromatic N) is 1. The molecular formula is C11H25NSi. The highest BCUT2D eigenvalue weighted by Crippen LogP contribution is 2.30. The van der Waals surface area contributed by atoms with Crippen molar-refractivity contribution in [1.82, 2.24) is 4.90 Å². The Kier molecular flexibility index (Phi) is 5.57. The maximum atomic E-state index is 4.17. The van der Waals surface area contributed by atoms with E-state index in [-0.39, 0.29) is 0 Å². The highest BCUT2D eigenvalue weighted by Gasteiger charge is 2.14. The predicted molar refractivity (Wildman–Crippen MR) is 65.5 cm³/mol. The molecule has 0 aliphatic carbocycles. The summed E-state index contributed by atoms with van der Waals surface area (Å²) < 4.78 is 0. The third kappa shape index (κ3) is 6.05. The fourth-order valence-corrected chi connectivity index (χ4v) is 1.44. The summed E-state index contributed by atoms with van der Waals surface area (Å²) in [6, 6.07) is 0. The zero-order valence-electron chi connectivity index (χ0n) is 9.98. The lowest BCUT2D eigenvalue weighted by Crippen LogP contribution is -2.22. The fourth-order valence-electron chi connectivity index (χ4n) is 1.19. The molecule has 0 rings (SSSR count). The van der Waals surface area contributed by atoms with Crippen LogP contribution in [0, 0.1) is 0 Å². The van der Waals surface area contributed by atoms with Crippen LogP contribution in [0.15, 0.2) is 12.2 Å². The van der Waals surface area contributed by atoms with Gasteiger partial charge in [-0.15, -0.1) is 0 Å². The second-order valence-corrected chi connectivity index (χ2v) is 7.41. The Morgan fingerprint density at radius 2 is 1.92 bits per heavy atom. The van der Waals surface area contributed by atoms with Crippen molar-refractivity contribution in [2.24, 2.45) is 0 Å². The summed E-state index contributed by atoms with van der Waals surface area (Å²) >= 11 is 0. The molecule has 0 unspecified atom stereocenters. The van der Waals surface area contributed by atoms with Gasteiger partial charge in [0.05, 0.1) is 0 Å². The van der Waals surface area contributed by atoms with E-state index in [9.17, 15) is 0 Å². The number of hydrogen-bond acceptors (Lipinski definition) is 1. The minimum absolute atomic E-state index is 0.410. The van der Waals surface area contributed by atoms with Gasteiger partial charge >= 0.3 is 0 Å². The smallest absolute Gasteiger partial charge is 0.0150 e. The molecule has 0 heterocycles. The van der Waals surface area contributed by atoms with E-state index in [1.54, 1.807) is 0 Å². The Balaban J connectivity index is 3.71. The zero-order valence-corrected chi connectivity index (χ0v) is 12.0. The predicted octanol–water partition coefficient (Wildman–Crippen LogP) is 1.84. The van der Waals surface area contributed by atoms with Crippen molar-refractivity contribution in [2.75, 3.05) is 20.1 Å². The Hall–Kier alpha value is -0.0831. The van der Waals surface area contributed by atoms with E-state index in [1.807, 2.05) is 0 Å². The average Bonchev–Trinajstić information content (AvgIpc) is 1.99. The van der Waals surface area contributed by atoms with Crippen molar-refractivity contribution in [3.05, 3.63) is 12.2 Å². The molecule has 0 aromatic rings. The summed E-state index contributed by atoms with van der Waals surface area (Å²) in [5.74, 6) is 0. The van der Waals surface area contributed by atoms with Crippen molar-refractivity contribution >= 4 is 10.2 Å². The monoisotopic (exact) mass is 199 g/mol. The molecular weight excluding hydrogens is 174 g/mol. The van der Waals surface area contributed by atoms with Gasteiger partial charge in [0.2, 0.25) is 0 Å². The molecule has 1 nitrogen and oxygen atoms in total. The molecule has 0 atom stereocenters. The third-order valence-electron chi connectivity index (χ3n) is 2.46. The molecule has 0 spiro atoms. The van der Waals surface area contributed by atoms with Gasteiger partial charge in [-0.3, -0.25) is 0 Å². The normalized spacial score (nSPS) is 12.4. The van der Waals surface area contributed by atoms with Crippen LogP contribution in [0.1, 0.15) is 33.6 Å². The van der Waals surface area contributed by atoms with Crippen molar-refractivity contribution < 1.29 is 0 Å². The van der Waals surface area contributed by atoms with E-state index in [1.165, 1.54) is 35.3 Å². The Morgan fingerprint density at radius 3 is 2.31 bits per heavy atom. The van der Waals surface area contributed by atoms with Gasteiger partial charge in [-0.2, -0.15) is 0 Å². The van der Waals surface area contributed by atoms with Gasteiger partial charge in [0, 0.05) is 16.8 Å². The fraction of sp³-hybridized carbons (Fsp3) is 0.818. The number of rotatable bonds is 6. The van der Waals surface area contributed by atoms with Crippen LogP contribution in [-0.4, -0.2) is 35.3 Å². The summed E-state index contributed by atoms with van der Waals surface area (Å²) in [5.41, 5.74) is 1.42. The Bertz CT molecular complexity index is 158. The molecule has 78 valence electrons. The average molecular weight is 199 g/mol. The van der Waals surface area contributed by atoms with Crippen LogP contribution in [0.3, 0.4) is 0 Å². The molecule has 0 bridgehead atoms. The van der Waals surface area contributed by atoms with Crippen molar-refractivity contribution in [3.8, 4) is 0 Å². The molecule has 0 aliphatic rings. The van der Waals surface area contributed by atoms with Gasteiger partial charge in [0.25, 0.3) is 0 Å². The van der Waals surface area contributed by atoms with Crippen LogP contribution in [-0.2, 0) is 0 Å². The summed E-state index contributed by atoms with van der Waals surface area (Å²) in [7, 11) is 3.40. The van der Waals surface area contributed by atoms with Crippen molar-refractivity contribution in [3.63, 3.8) is 0 Å². The highest BCUT2D eigenvalue weighted by atomic mass is 28.1. The molecule has 0 amide bonds. The lowest BCUT2D eigenvalue weighted by Gasteiger charge is -2.24. The molecule has 2 heteroatoms. The van der Waals surface area contributed by atoms with Crippen LogP contribution in [0.5, 0.6) is 0 Å². The lowest BCUT2D eigenvalue weighted by atomic mass is 10.0. The minimum atomic E-state index is 0.410. The van der Waals surface area contributed by atoms with E-state index in [0.717, 1.165) is 6.42 Å². The van der Waals surface area contributed by atoms with Gasteiger partial charge < -0.3 is 4.90 Å².